The van der Waals surface area contributed by atoms with Crippen LogP contribution >= 0.6 is 0 Å². The van der Waals surface area contributed by atoms with Gasteiger partial charge in [0.2, 0.25) is 0 Å². The second-order valence-corrected chi connectivity index (χ2v) is 4.73. The summed E-state index contributed by atoms with van der Waals surface area (Å²) in [5, 5.41) is 3.61. The van der Waals surface area contributed by atoms with Gasteiger partial charge in [-0.3, -0.25) is 0 Å². The van der Waals surface area contributed by atoms with Crippen molar-refractivity contribution in [3.8, 4) is 0 Å². The van der Waals surface area contributed by atoms with Crippen LogP contribution in [0.5, 0.6) is 0 Å². The zero-order valence-electron chi connectivity index (χ0n) is 9.59. The van der Waals surface area contributed by atoms with Crippen molar-refractivity contribution in [1.29, 1.82) is 0 Å². The summed E-state index contributed by atoms with van der Waals surface area (Å²) in [7, 11) is 0. The average molecular weight is 204 g/mol. The van der Waals surface area contributed by atoms with E-state index in [1.54, 1.807) is 0 Å². The number of fused-ring (bicyclic) bond motifs is 1. The van der Waals surface area contributed by atoms with Crippen molar-refractivity contribution in [2.24, 2.45) is 11.7 Å². The van der Waals surface area contributed by atoms with Crippen LogP contribution in [-0.2, 0) is 6.42 Å². The number of nitrogens with one attached hydrogen (secondary N) is 1. The number of hydrogen-bond donors (Lipinski definition) is 2. The van der Waals surface area contributed by atoms with Crippen LogP contribution in [-0.4, -0.2) is 12.6 Å². The molecule has 0 aromatic heterocycles. The molecule has 1 aromatic rings. The maximum absolute atomic E-state index is 5.66. The Hall–Kier alpha value is -1.02. The van der Waals surface area contributed by atoms with Crippen molar-refractivity contribution in [3.05, 3.63) is 29.3 Å². The largest absolute Gasteiger partial charge is 0.382 e. The molecule has 0 radical (unpaired) electrons. The van der Waals surface area contributed by atoms with Crippen LogP contribution in [0.4, 0.5) is 5.69 Å². The van der Waals surface area contributed by atoms with E-state index in [4.69, 9.17) is 5.73 Å². The van der Waals surface area contributed by atoms with Crippen LogP contribution in [0.2, 0.25) is 0 Å². The van der Waals surface area contributed by atoms with E-state index in [-0.39, 0.29) is 0 Å². The molecule has 1 aromatic carbocycles. The van der Waals surface area contributed by atoms with Gasteiger partial charge in [0.05, 0.1) is 0 Å². The highest BCUT2D eigenvalue weighted by Crippen LogP contribution is 2.30. The number of benzene rings is 1. The van der Waals surface area contributed by atoms with Crippen LogP contribution in [0.1, 0.15) is 24.5 Å². The molecule has 2 unspecified atom stereocenters. The molecule has 82 valence electrons. The lowest BCUT2D eigenvalue weighted by molar-refractivity contribution is 0.496. The van der Waals surface area contributed by atoms with Crippen LogP contribution in [0, 0.1) is 12.8 Å². The third-order valence-corrected chi connectivity index (χ3v) is 3.26. The van der Waals surface area contributed by atoms with E-state index in [9.17, 15) is 0 Å². The zero-order chi connectivity index (χ0) is 10.8. The second kappa shape index (κ2) is 4.23. The fourth-order valence-electron chi connectivity index (χ4n) is 2.35. The van der Waals surface area contributed by atoms with E-state index in [0.717, 1.165) is 13.0 Å². The second-order valence-electron chi connectivity index (χ2n) is 4.73. The van der Waals surface area contributed by atoms with Gasteiger partial charge in [-0.05, 0) is 43.4 Å². The number of nitrogens with two attached hydrogens (primary N) is 1. The molecular weight excluding hydrogens is 184 g/mol. The van der Waals surface area contributed by atoms with Gasteiger partial charge in [0.1, 0.15) is 0 Å². The summed E-state index contributed by atoms with van der Waals surface area (Å²) in [5.74, 6) is 0.608. The van der Waals surface area contributed by atoms with Gasteiger partial charge in [-0.15, -0.1) is 0 Å². The lowest BCUT2D eigenvalue weighted by Crippen LogP contribution is -2.23. The fourth-order valence-corrected chi connectivity index (χ4v) is 2.35. The van der Waals surface area contributed by atoms with Crippen molar-refractivity contribution in [3.63, 3.8) is 0 Å². The van der Waals surface area contributed by atoms with Gasteiger partial charge in [0, 0.05) is 11.7 Å². The predicted octanol–water partition coefficient (Wildman–Crippen LogP) is 2.32. The summed E-state index contributed by atoms with van der Waals surface area (Å²) < 4.78 is 0. The topological polar surface area (TPSA) is 38.0 Å². The standard InChI is InChI=1S/C13H20N2/c1-9(8-14)6-12-7-11-5-3-4-10(2)13(11)15-12/h3-5,9,12,15H,6-8,14H2,1-2H3. The van der Waals surface area contributed by atoms with Crippen LogP contribution in [0.25, 0.3) is 0 Å². The van der Waals surface area contributed by atoms with Gasteiger partial charge in [-0.1, -0.05) is 25.1 Å². The lowest BCUT2D eigenvalue weighted by atomic mass is 9.99. The first-order valence-electron chi connectivity index (χ1n) is 5.75. The summed E-state index contributed by atoms with van der Waals surface area (Å²) in [6.07, 6.45) is 2.33. The molecule has 2 heteroatoms. The minimum absolute atomic E-state index is 0.583. The van der Waals surface area contributed by atoms with E-state index in [2.05, 4.69) is 37.4 Å². The molecule has 0 fully saturated rings. The highest BCUT2D eigenvalue weighted by molar-refractivity contribution is 5.61. The first-order valence-corrected chi connectivity index (χ1v) is 5.75. The maximum Gasteiger partial charge on any atom is 0.0405 e. The zero-order valence-corrected chi connectivity index (χ0v) is 9.59. The molecule has 1 aliphatic rings. The predicted molar refractivity (Wildman–Crippen MR) is 65.1 cm³/mol. The normalized spacial score (nSPS) is 20.9. The summed E-state index contributed by atoms with van der Waals surface area (Å²) >= 11 is 0. The van der Waals surface area contributed by atoms with Crippen molar-refractivity contribution < 1.29 is 0 Å². The molecule has 0 aliphatic carbocycles. The Labute approximate surface area is 91.9 Å². The number of aryl methyl sites for hydroxylation is 1. The average Bonchev–Trinajstić information content (AvgIpc) is 2.62. The molecule has 0 amide bonds. The van der Waals surface area contributed by atoms with E-state index >= 15 is 0 Å². The highest BCUT2D eigenvalue weighted by atomic mass is 15.0. The van der Waals surface area contributed by atoms with Crippen LogP contribution < -0.4 is 11.1 Å². The molecular formula is C13H20N2. The minimum Gasteiger partial charge on any atom is -0.382 e. The molecule has 3 N–H and O–H groups in total. The number of para-hydroxylation sites is 1. The number of rotatable bonds is 3. The van der Waals surface area contributed by atoms with Gasteiger partial charge < -0.3 is 11.1 Å². The summed E-state index contributed by atoms with van der Waals surface area (Å²) in [6, 6.07) is 7.12. The summed E-state index contributed by atoms with van der Waals surface area (Å²) in [4.78, 5) is 0. The van der Waals surface area contributed by atoms with Crippen LogP contribution in [0.3, 0.4) is 0 Å². The molecule has 0 saturated carbocycles. The fraction of sp³-hybridized carbons (Fsp3) is 0.538. The van der Waals surface area contributed by atoms with E-state index in [0.29, 0.717) is 12.0 Å². The van der Waals surface area contributed by atoms with Crippen molar-refractivity contribution in [1.82, 2.24) is 0 Å². The van der Waals surface area contributed by atoms with Gasteiger partial charge in [0.25, 0.3) is 0 Å². The summed E-state index contributed by atoms with van der Waals surface area (Å²) in [6.45, 7) is 5.17. The molecule has 0 bridgehead atoms. The molecule has 0 saturated heterocycles. The van der Waals surface area contributed by atoms with Crippen molar-refractivity contribution in [2.45, 2.75) is 32.7 Å². The lowest BCUT2D eigenvalue weighted by Gasteiger charge is -2.15. The molecule has 2 rings (SSSR count). The third kappa shape index (κ3) is 2.15. The van der Waals surface area contributed by atoms with E-state index in [1.807, 2.05) is 0 Å². The smallest absolute Gasteiger partial charge is 0.0405 e. The van der Waals surface area contributed by atoms with Gasteiger partial charge in [-0.2, -0.15) is 0 Å². The maximum atomic E-state index is 5.66. The Morgan fingerprint density at radius 1 is 1.53 bits per heavy atom. The SMILES string of the molecule is Cc1cccc2c1NC(CC(C)CN)C2. The van der Waals surface area contributed by atoms with Crippen molar-refractivity contribution >= 4 is 5.69 Å². The van der Waals surface area contributed by atoms with Gasteiger partial charge in [0.15, 0.2) is 0 Å². The Kier molecular flexibility index (Phi) is 2.96. The molecule has 1 heterocycles. The first-order chi connectivity index (χ1) is 7.20. The molecule has 2 nitrogen and oxygen atoms in total. The molecule has 2 atom stereocenters. The van der Waals surface area contributed by atoms with Gasteiger partial charge in [-0.25, -0.2) is 0 Å². The first kappa shape index (κ1) is 10.5. The number of anilines is 1. The Morgan fingerprint density at radius 2 is 2.33 bits per heavy atom. The monoisotopic (exact) mass is 204 g/mol. The Bertz CT molecular complexity index is 346. The van der Waals surface area contributed by atoms with E-state index < -0.39 is 0 Å². The third-order valence-electron chi connectivity index (χ3n) is 3.26. The minimum atomic E-state index is 0.583. The van der Waals surface area contributed by atoms with E-state index in [1.165, 1.54) is 23.2 Å². The molecule has 1 aliphatic heterocycles. The molecule has 0 spiro atoms. The molecule has 15 heavy (non-hydrogen) atoms. The highest BCUT2D eigenvalue weighted by Gasteiger charge is 2.22. The van der Waals surface area contributed by atoms with Crippen LogP contribution in [0.15, 0.2) is 18.2 Å². The number of hydrogen-bond acceptors (Lipinski definition) is 2. The van der Waals surface area contributed by atoms with Crippen molar-refractivity contribution in [2.75, 3.05) is 11.9 Å². The Morgan fingerprint density at radius 3 is 3.00 bits per heavy atom. The Balaban J connectivity index is 2.06. The quantitative estimate of drug-likeness (QED) is 0.793. The van der Waals surface area contributed by atoms with Gasteiger partial charge >= 0.3 is 0 Å². The summed E-state index contributed by atoms with van der Waals surface area (Å²) in [5.41, 5.74) is 9.83.